The van der Waals surface area contributed by atoms with Crippen molar-refractivity contribution in [3.05, 3.63) is 22.2 Å². The Morgan fingerprint density at radius 2 is 1.88 bits per heavy atom. The number of hydrogen-bond donors (Lipinski definition) is 3. The van der Waals surface area contributed by atoms with Gasteiger partial charge in [0.2, 0.25) is 0 Å². The van der Waals surface area contributed by atoms with Crippen LogP contribution in [0.3, 0.4) is 0 Å². The largest absolute Gasteiger partial charge is 0.397 e. The summed E-state index contributed by atoms with van der Waals surface area (Å²) in [4.78, 5) is 0. The van der Waals surface area contributed by atoms with Gasteiger partial charge in [-0.3, -0.25) is 0 Å². The first-order chi connectivity index (χ1) is 7.93. The maximum atomic E-state index is 9.29. The molecule has 0 aliphatic rings. The fourth-order valence-corrected chi connectivity index (χ4v) is 1.99. The lowest BCUT2D eigenvalue weighted by Crippen LogP contribution is -2.26. The molecular weight excluding hydrogens is 259 g/mol. The smallest absolute Gasteiger partial charge is 0.0632 e. The van der Waals surface area contributed by atoms with Gasteiger partial charge in [-0.15, -0.1) is 0 Å². The van der Waals surface area contributed by atoms with Crippen molar-refractivity contribution in [3.63, 3.8) is 0 Å². The highest BCUT2D eigenvalue weighted by Gasteiger charge is 2.12. The third-order valence-electron chi connectivity index (χ3n) is 2.43. The van der Waals surface area contributed by atoms with Crippen molar-refractivity contribution in [3.8, 4) is 0 Å². The van der Waals surface area contributed by atoms with E-state index in [0.29, 0.717) is 27.3 Å². The second-order valence-electron chi connectivity index (χ2n) is 4.51. The molecule has 96 valence electrons. The highest BCUT2D eigenvalue weighted by molar-refractivity contribution is 6.42. The van der Waals surface area contributed by atoms with E-state index >= 15 is 0 Å². The first-order valence-electron chi connectivity index (χ1n) is 5.56. The number of anilines is 2. The molecule has 0 fully saturated rings. The molecule has 0 heterocycles. The summed E-state index contributed by atoms with van der Waals surface area (Å²) in [7, 11) is 0. The fraction of sp³-hybridized carbons (Fsp3) is 0.500. The quantitative estimate of drug-likeness (QED) is 0.723. The van der Waals surface area contributed by atoms with Crippen LogP contribution in [-0.2, 0) is 0 Å². The van der Waals surface area contributed by atoms with Crippen LogP contribution in [0.4, 0.5) is 11.4 Å². The van der Waals surface area contributed by atoms with E-state index in [1.807, 2.05) is 0 Å². The molecule has 1 atom stereocenters. The average Bonchev–Trinajstić information content (AvgIpc) is 2.24. The standard InChI is InChI=1S/C12H18Cl2N2O/c1-7(2)3-8(6-17)16-12-5-10(14)9(13)4-11(12)15/h4-5,7-8,16-17H,3,6,15H2,1-2H3. The molecule has 17 heavy (non-hydrogen) atoms. The van der Waals surface area contributed by atoms with Crippen molar-refractivity contribution in [2.45, 2.75) is 26.3 Å². The van der Waals surface area contributed by atoms with Gasteiger partial charge in [-0.25, -0.2) is 0 Å². The number of aliphatic hydroxyl groups excluding tert-OH is 1. The minimum absolute atomic E-state index is 0.0328. The predicted molar refractivity (Wildman–Crippen MR) is 74.8 cm³/mol. The topological polar surface area (TPSA) is 58.3 Å². The van der Waals surface area contributed by atoms with Gasteiger partial charge < -0.3 is 16.2 Å². The number of hydrogen-bond acceptors (Lipinski definition) is 3. The van der Waals surface area contributed by atoms with Gasteiger partial charge in [0.1, 0.15) is 0 Å². The van der Waals surface area contributed by atoms with E-state index in [1.54, 1.807) is 12.1 Å². The highest BCUT2D eigenvalue weighted by atomic mass is 35.5. The summed E-state index contributed by atoms with van der Waals surface area (Å²) >= 11 is 11.8. The van der Waals surface area contributed by atoms with Gasteiger partial charge in [-0.05, 0) is 24.5 Å². The minimum Gasteiger partial charge on any atom is -0.397 e. The van der Waals surface area contributed by atoms with E-state index in [9.17, 15) is 5.11 Å². The third-order valence-corrected chi connectivity index (χ3v) is 3.15. The Balaban J connectivity index is 2.82. The van der Waals surface area contributed by atoms with Gasteiger partial charge in [-0.2, -0.15) is 0 Å². The monoisotopic (exact) mass is 276 g/mol. The summed E-state index contributed by atoms with van der Waals surface area (Å²) < 4.78 is 0. The van der Waals surface area contributed by atoms with Crippen molar-refractivity contribution in [2.75, 3.05) is 17.7 Å². The molecule has 4 N–H and O–H groups in total. The molecule has 0 saturated carbocycles. The lowest BCUT2D eigenvalue weighted by Gasteiger charge is -2.21. The van der Waals surface area contributed by atoms with Gasteiger partial charge >= 0.3 is 0 Å². The molecule has 1 unspecified atom stereocenters. The summed E-state index contributed by atoms with van der Waals surface area (Å²) in [6, 6.07) is 3.26. The lowest BCUT2D eigenvalue weighted by molar-refractivity contribution is 0.259. The maximum absolute atomic E-state index is 9.29. The van der Waals surface area contributed by atoms with Crippen LogP contribution >= 0.6 is 23.2 Å². The second-order valence-corrected chi connectivity index (χ2v) is 5.32. The van der Waals surface area contributed by atoms with E-state index in [4.69, 9.17) is 28.9 Å². The summed E-state index contributed by atoms with van der Waals surface area (Å²) in [6.07, 6.45) is 0.857. The first kappa shape index (κ1) is 14.4. The summed E-state index contributed by atoms with van der Waals surface area (Å²) in [5.74, 6) is 0.489. The number of benzene rings is 1. The van der Waals surface area contributed by atoms with E-state index in [0.717, 1.165) is 6.42 Å². The Hall–Kier alpha value is -0.640. The number of nitrogen functional groups attached to an aromatic ring is 1. The number of nitrogens with one attached hydrogen (secondary N) is 1. The molecule has 0 spiro atoms. The third kappa shape index (κ3) is 4.26. The zero-order chi connectivity index (χ0) is 13.0. The number of nitrogens with two attached hydrogens (primary N) is 1. The van der Waals surface area contributed by atoms with Crippen molar-refractivity contribution >= 4 is 34.6 Å². The van der Waals surface area contributed by atoms with Crippen molar-refractivity contribution in [2.24, 2.45) is 5.92 Å². The van der Waals surface area contributed by atoms with Crippen molar-refractivity contribution in [1.29, 1.82) is 0 Å². The Bertz CT molecular complexity index is 383. The van der Waals surface area contributed by atoms with Crippen LogP contribution in [-0.4, -0.2) is 17.8 Å². The zero-order valence-corrected chi connectivity index (χ0v) is 11.5. The molecule has 0 amide bonds. The molecule has 0 radical (unpaired) electrons. The molecule has 0 aliphatic carbocycles. The highest BCUT2D eigenvalue weighted by Crippen LogP contribution is 2.31. The Labute approximate surface area is 112 Å². The van der Waals surface area contributed by atoms with Crippen LogP contribution < -0.4 is 11.1 Å². The van der Waals surface area contributed by atoms with Crippen LogP contribution in [0.5, 0.6) is 0 Å². The van der Waals surface area contributed by atoms with Gasteiger partial charge in [0.15, 0.2) is 0 Å². The molecule has 3 nitrogen and oxygen atoms in total. The van der Waals surface area contributed by atoms with Gasteiger partial charge in [0, 0.05) is 6.04 Å². The number of aliphatic hydroxyl groups is 1. The molecule has 0 aliphatic heterocycles. The molecule has 0 saturated heterocycles. The van der Waals surface area contributed by atoms with E-state index in [-0.39, 0.29) is 12.6 Å². The van der Waals surface area contributed by atoms with Crippen LogP contribution in [0.25, 0.3) is 0 Å². The van der Waals surface area contributed by atoms with Gasteiger partial charge in [0.25, 0.3) is 0 Å². The molecule has 1 aromatic carbocycles. The van der Waals surface area contributed by atoms with Crippen LogP contribution in [0.15, 0.2) is 12.1 Å². The van der Waals surface area contributed by atoms with E-state index < -0.39 is 0 Å². The Kier molecular flexibility index (Phi) is 5.37. The lowest BCUT2D eigenvalue weighted by atomic mass is 10.0. The second kappa shape index (κ2) is 6.34. The van der Waals surface area contributed by atoms with E-state index in [2.05, 4.69) is 19.2 Å². The zero-order valence-electron chi connectivity index (χ0n) is 10.0. The van der Waals surface area contributed by atoms with Crippen molar-refractivity contribution < 1.29 is 5.11 Å². The molecular formula is C12H18Cl2N2O. The molecule has 1 aromatic rings. The van der Waals surface area contributed by atoms with Crippen LogP contribution in [0.1, 0.15) is 20.3 Å². The summed E-state index contributed by atoms with van der Waals surface area (Å²) in [6.45, 7) is 4.25. The van der Waals surface area contributed by atoms with E-state index in [1.165, 1.54) is 0 Å². The minimum atomic E-state index is -0.0328. The molecule has 0 aromatic heterocycles. The summed E-state index contributed by atoms with van der Waals surface area (Å²) in [5, 5.41) is 13.3. The van der Waals surface area contributed by atoms with Gasteiger partial charge in [-0.1, -0.05) is 37.0 Å². The van der Waals surface area contributed by atoms with Crippen LogP contribution in [0.2, 0.25) is 10.0 Å². The maximum Gasteiger partial charge on any atom is 0.0632 e. The molecule has 1 rings (SSSR count). The first-order valence-corrected chi connectivity index (χ1v) is 6.31. The van der Waals surface area contributed by atoms with Crippen molar-refractivity contribution in [1.82, 2.24) is 0 Å². The normalized spacial score (nSPS) is 12.8. The number of halogens is 2. The van der Waals surface area contributed by atoms with Crippen LogP contribution in [0, 0.1) is 5.92 Å². The SMILES string of the molecule is CC(C)CC(CO)Nc1cc(Cl)c(Cl)cc1N. The average molecular weight is 277 g/mol. The Morgan fingerprint density at radius 1 is 1.29 bits per heavy atom. The Morgan fingerprint density at radius 3 is 2.41 bits per heavy atom. The molecule has 5 heteroatoms. The van der Waals surface area contributed by atoms with Gasteiger partial charge in [0.05, 0.1) is 28.0 Å². The molecule has 0 bridgehead atoms. The number of rotatable bonds is 5. The fourth-order valence-electron chi connectivity index (χ4n) is 1.66. The predicted octanol–water partition coefficient (Wildman–Crippen LogP) is 3.39. The summed E-state index contributed by atoms with van der Waals surface area (Å²) in [5.41, 5.74) is 7.07.